The number of hydrogen-bond acceptors (Lipinski definition) is 4. The zero-order chi connectivity index (χ0) is 13.7. The Morgan fingerprint density at radius 3 is 3.00 bits per heavy atom. The van der Waals surface area contributed by atoms with Gasteiger partial charge in [0.2, 0.25) is 0 Å². The molecule has 19 heavy (non-hydrogen) atoms. The lowest BCUT2D eigenvalue weighted by Crippen LogP contribution is -2.36. The number of hydrogen-bond donors (Lipinski definition) is 2. The third kappa shape index (κ3) is 3.85. The Morgan fingerprint density at radius 2 is 2.32 bits per heavy atom. The summed E-state index contributed by atoms with van der Waals surface area (Å²) >= 11 is 0. The molecule has 0 aliphatic carbocycles. The van der Waals surface area contributed by atoms with Crippen LogP contribution in [-0.2, 0) is 11.3 Å². The van der Waals surface area contributed by atoms with Gasteiger partial charge in [0.15, 0.2) is 11.5 Å². The minimum Gasteiger partial charge on any atom is -0.504 e. The van der Waals surface area contributed by atoms with Crippen LogP contribution in [0.4, 0.5) is 0 Å². The Kier molecular flexibility index (Phi) is 4.66. The molecule has 1 aromatic rings. The first-order chi connectivity index (χ1) is 9.13. The van der Waals surface area contributed by atoms with E-state index >= 15 is 0 Å². The van der Waals surface area contributed by atoms with Crippen LogP contribution in [0.2, 0.25) is 0 Å². The highest BCUT2D eigenvalue weighted by Gasteiger charge is 2.28. The maximum Gasteiger partial charge on any atom is 0.161 e. The summed E-state index contributed by atoms with van der Waals surface area (Å²) in [4.78, 5) is 0. The van der Waals surface area contributed by atoms with Crippen LogP contribution in [-0.4, -0.2) is 30.5 Å². The number of nitrogens with one attached hydrogen (secondary N) is 1. The first-order valence-corrected chi connectivity index (χ1v) is 6.92. The summed E-state index contributed by atoms with van der Waals surface area (Å²) in [5.41, 5.74) is 1.07. The van der Waals surface area contributed by atoms with Crippen molar-refractivity contribution in [2.24, 2.45) is 0 Å². The van der Waals surface area contributed by atoms with Crippen LogP contribution in [0.1, 0.15) is 32.3 Å². The fourth-order valence-corrected chi connectivity index (χ4v) is 2.39. The second-order valence-electron chi connectivity index (χ2n) is 5.24. The number of phenols is 1. The molecule has 0 radical (unpaired) electrons. The molecule has 4 heteroatoms. The van der Waals surface area contributed by atoms with Gasteiger partial charge in [-0.05, 0) is 44.4 Å². The molecule has 4 nitrogen and oxygen atoms in total. The van der Waals surface area contributed by atoms with E-state index in [-0.39, 0.29) is 11.4 Å². The van der Waals surface area contributed by atoms with E-state index in [9.17, 15) is 5.11 Å². The highest BCUT2D eigenvalue weighted by atomic mass is 16.5. The SMILES string of the molecule is CCOc1cc(CNCC2(C)CCCO2)ccc1O. The van der Waals surface area contributed by atoms with Crippen molar-refractivity contribution in [3.05, 3.63) is 23.8 Å². The number of benzene rings is 1. The van der Waals surface area contributed by atoms with E-state index in [0.29, 0.717) is 12.4 Å². The minimum atomic E-state index is -0.0281. The second-order valence-corrected chi connectivity index (χ2v) is 5.24. The molecule has 0 saturated carbocycles. The molecule has 1 fully saturated rings. The van der Waals surface area contributed by atoms with Gasteiger partial charge in [0.25, 0.3) is 0 Å². The first-order valence-electron chi connectivity index (χ1n) is 6.92. The Morgan fingerprint density at radius 1 is 1.47 bits per heavy atom. The monoisotopic (exact) mass is 265 g/mol. The van der Waals surface area contributed by atoms with E-state index in [1.165, 1.54) is 0 Å². The van der Waals surface area contributed by atoms with E-state index in [4.69, 9.17) is 9.47 Å². The van der Waals surface area contributed by atoms with Gasteiger partial charge in [-0.3, -0.25) is 0 Å². The molecule has 1 aliphatic rings. The summed E-state index contributed by atoms with van der Waals surface area (Å²) in [5, 5.41) is 13.1. The normalized spacial score (nSPS) is 22.6. The molecular weight excluding hydrogens is 242 g/mol. The zero-order valence-electron chi connectivity index (χ0n) is 11.7. The summed E-state index contributed by atoms with van der Waals surface area (Å²) in [6.45, 7) is 7.07. The number of aromatic hydroxyl groups is 1. The summed E-state index contributed by atoms with van der Waals surface area (Å²) in [6, 6.07) is 5.46. The van der Waals surface area contributed by atoms with Crippen molar-refractivity contribution in [1.82, 2.24) is 5.32 Å². The fourth-order valence-electron chi connectivity index (χ4n) is 2.39. The molecule has 1 atom stereocenters. The van der Waals surface area contributed by atoms with Crippen molar-refractivity contribution < 1.29 is 14.6 Å². The van der Waals surface area contributed by atoms with Crippen molar-refractivity contribution >= 4 is 0 Å². The Hall–Kier alpha value is -1.26. The van der Waals surface area contributed by atoms with E-state index in [1.54, 1.807) is 6.07 Å². The van der Waals surface area contributed by atoms with E-state index in [1.807, 2.05) is 19.1 Å². The predicted molar refractivity (Wildman–Crippen MR) is 74.6 cm³/mol. The van der Waals surface area contributed by atoms with E-state index in [2.05, 4.69) is 12.2 Å². The van der Waals surface area contributed by atoms with Gasteiger partial charge in [-0.15, -0.1) is 0 Å². The lowest BCUT2D eigenvalue weighted by atomic mass is 10.0. The van der Waals surface area contributed by atoms with Crippen LogP contribution < -0.4 is 10.1 Å². The smallest absolute Gasteiger partial charge is 0.161 e. The quantitative estimate of drug-likeness (QED) is 0.829. The van der Waals surface area contributed by atoms with Crippen LogP contribution in [0.5, 0.6) is 11.5 Å². The summed E-state index contributed by atoms with van der Waals surface area (Å²) in [5.74, 6) is 0.738. The second kappa shape index (κ2) is 6.26. The standard InChI is InChI=1S/C15H23NO3/c1-3-18-14-9-12(5-6-13(14)17)10-16-11-15(2)7-4-8-19-15/h5-6,9,16-17H,3-4,7-8,10-11H2,1-2H3. The van der Waals surface area contributed by atoms with Crippen molar-refractivity contribution in [3.8, 4) is 11.5 Å². The molecule has 1 aromatic carbocycles. The molecule has 0 bridgehead atoms. The molecule has 0 amide bonds. The largest absolute Gasteiger partial charge is 0.504 e. The Labute approximate surface area is 114 Å². The number of ether oxygens (including phenoxy) is 2. The van der Waals surface area contributed by atoms with Crippen molar-refractivity contribution in [2.75, 3.05) is 19.8 Å². The molecule has 1 aliphatic heterocycles. The molecule has 1 saturated heterocycles. The lowest BCUT2D eigenvalue weighted by molar-refractivity contribution is 0.0207. The van der Waals surface area contributed by atoms with E-state index in [0.717, 1.165) is 38.1 Å². The highest BCUT2D eigenvalue weighted by Crippen LogP contribution is 2.27. The van der Waals surface area contributed by atoms with Gasteiger partial charge < -0.3 is 19.9 Å². The van der Waals surface area contributed by atoms with Gasteiger partial charge in [0.05, 0.1) is 12.2 Å². The third-order valence-electron chi connectivity index (χ3n) is 3.45. The maximum atomic E-state index is 9.64. The molecular formula is C15H23NO3. The summed E-state index contributed by atoms with van der Waals surface area (Å²) < 4.78 is 11.1. The first kappa shape index (κ1) is 14.2. The average Bonchev–Trinajstić information content (AvgIpc) is 2.81. The van der Waals surface area contributed by atoms with E-state index < -0.39 is 0 Å². The molecule has 1 heterocycles. The van der Waals surface area contributed by atoms with Crippen LogP contribution >= 0.6 is 0 Å². The van der Waals surface area contributed by atoms with Gasteiger partial charge in [0.1, 0.15) is 0 Å². The van der Waals surface area contributed by atoms with Gasteiger partial charge >= 0.3 is 0 Å². The predicted octanol–water partition coefficient (Wildman–Crippen LogP) is 2.45. The fraction of sp³-hybridized carbons (Fsp3) is 0.600. The Balaban J connectivity index is 1.87. The molecule has 2 rings (SSSR count). The summed E-state index contributed by atoms with van der Waals surface area (Å²) in [6.07, 6.45) is 2.26. The topological polar surface area (TPSA) is 50.7 Å². The van der Waals surface area contributed by atoms with Gasteiger partial charge in [-0.2, -0.15) is 0 Å². The highest BCUT2D eigenvalue weighted by molar-refractivity contribution is 5.41. The molecule has 106 valence electrons. The van der Waals surface area contributed by atoms with Gasteiger partial charge in [-0.1, -0.05) is 6.07 Å². The molecule has 2 N–H and O–H groups in total. The molecule has 1 unspecified atom stereocenters. The van der Waals surface area contributed by atoms with Gasteiger partial charge in [-0.25, -0.2) is 0 Å². The van der Waals surface area contributed by atoms with Crippen molar-refractivity contribution in [1.29, 1.82) is 0 Å². The van der Waals surface area contributed by atoms with Crippen LogP contribution in [0.3, 0.4) is 0 Å². The molecule has 0 spiro atoms. The average molecular weight is 265 g/mol. The van der Waals surface area contributed by atoms with Crippen LogP contribution in [0.15, 0.2) is 18.2 Å². The van der Waals surface area contributed by atoms with Crippen molar-refractivity contribution in [3.63, 3.8) is 0 Å². The van der Waals surface area contributed by atoms with Crippen molar-refractivity contribution in [2.45, 2.75) is 38.8 Å². The van der Waals surface area contributed by atoms with Crippen LogP contribution in [0, 0.1) is 0 Å². The Bertz CT molecular complexity index is 414. The van der Waals surface area contributed by atoms with Crippen LogP contribution in [0.25, 0.3) is 0 Å². The third-order valence-corrected chi connectivity index (χ3v) is 3.45. The minimum absolute atomic E-state index is 0.0281. The maximum absolute atomic E-state index is 9.64. The zero-order valence-corrected chi connectivity index (χ0v) is 11.7. The lowest BCUT2D eigenvalue weighted by Gasteiger charge is -2.23. The number of phenolic OH excluding ortho intramolecular Hbond substituents is 1. The number of rotatable bonds is 6. The van der Waals surface area contributed by atoms with Gasteiger partial charge in [0, 0.05) is 19.7 Å². The molecule has 0 aromatic heterocycles. The summed E-state index contributed by atoms with van der Waals surface area (Å²) in [7, 11) is 0.